The summed E-state index contributed by atoms with van der Waals surface area (Å²) < 4.78 is 5.00. The summed E-state index contributed by atoms with van der Waals surface area (Å²) >= 11 is 0. The number of rotatable bonds is 3. The van der Waals surface area contributed by atoms with E-state index in [-0.39, 0.29) is 23.1 Å². The zero-order chi connectivity index (χ0) is 16.6. The third-order valence-corrected chi connectivity index (χ3v) is 4.02. The van der Waals surface area contributed by atoms with E-state index in [1.54, 1.807) is 18.3 Å². The number of benzene rings is 1. The number of ketones is 1. The van der Waals surface area contributed by atoms with Crippen molar-refractivity contribution in [2.24, 2.45) is 5.92 Å². The quantitative estimate of drug-likeness (QED) is 0.760. The lowest BCUT2D eigenvalue weighted by atomic mass is 9.86. The van der Waals surface area contributed by atoms with Gasteiger partial charge < -0.3 is 20.1 Å². The van der Waals surface area contributed by atoms with Gasteiger partial charge in [-0.05, 0) is 24.5 Å². The van der Waals surface area contributed by atoms with Crippen molar-refractivity contribution in [1.82, 2.24) is 4.98 Å². The molecule has 6 heteroatoms. The standard InChI is InChI=1S/C17H18N2O4/c1-9-5-13-16(15(21)6-9)11(8-18-13)17(22)19-12-4-3-10(23-2)7-14(12)20/h3-4,7-9,18,20H,5-6H2,1-2H3,(H,19,22). The number of aromatic amines is 1. The summed E-state index contributed by atoms with van der Waals surface area (Å²) in [5, 5.41) is 12.6. The number of nitrogens with one attached hydrogen (secondary N) is 2. The van der Waals surface area contributed by atoms with E-state index < -0.39 is 5.91 Å². The van der Waals surface area contributed by atoms with Crippen LogP contribution in [0.5, 0.6) is 11.5 Å². The third kappa shape index (κ3) is 2.79. The molecule has 0 bridgehead atoms. The number of Topliss-reactive ketones (excluding diaryl/α,β-unsaturated/α-hetero) is 1. The van der Waals surface area contributed by atoms with Crippen LogP contribution in [0.15, 0.2) is 24.4 Å². The van der Waals surface area contributed by atoms with Crippen molar-refractivity contribution < 1.29 is 19.4 Å². The number of ether oxygens (including phenoxy) is 1. The Kier molecular flexibility index (Phi) is 3.82. The fourth-order valence-corrected chi connectivity index (χ4v) is 2.90. The van der Waals surface area contributed by atoms with Gasteiger partial charge in [-0.25, -0.2) is 0 Å². The second kappa shape index (κ2) is 5.79. The van der Waals surface area contributed by atoms with Crippen molar-refractivity contribution in [2.45, 2.75) is 19.8 Å². The van der Waals surface area contributed by atoms with E-state index in [0.29, 0.717) is 23.3 Å². The van der Waals surface area contributed by atoms with Crippen molar-refractivity contribution in [1.29, 1.82) is 0 Å². The van der Waals surface area contributed by atoms with Gasteiger partial charge in [0.15, 0.2) is 5.78 Å². The first-order valence-corrected chi connectivity index (χ1v) is 7.41. The van der Waals surface area contributed by atoms with Crippen LogP contribution in [0.4, 0.5) is 5.69 Å². The molecule has 1 aromatic carbocycles. The van der Waals surface area contributed by atoms with Crippen molar-refractivity contribution in [3.63, 3.8) is 0 Å². The number of carbonyl (C=O) groups excluding carboxylic acids is 2. The van der Waals surface area contributed by atoms with Crippen LogP contribution < -0.4 is 10.1 Å². The lowest BCUT2D eigenvalue weighted by Gasteiger charge is -2.18. The van der Waals surface area contributed by atoms with Crippen LogP contribution in [0.3, 0.4) is 0 Å². The van der Waals surface area contributed by atoms with E-state index in [2.05, 4.69) is 10.3 Å². The first-order chi connectivity index (χ1) is 11.0. The Bertz CT molecular complexity index is 779. The van der Waals surface area contributed by atoms with Gasteiger partial charge in [-0.3, -0.25) is 9.59 Å². The molecule has 1 aliphatic carbocycles. The molecule has 1 amide bonds. The van der Waals surface area contributed by atoms with Gasteiger partial charge in [0.2, 0.25) is 0 Å². The number of methoxy groups -OCH3 is 1. The molecular weight excluding hydrogens is 296 g/mol. The van der Waals surface area contributed by atoms with Crippen LogP contribution in [0.1, 0.15) is 39.8 Å². The number of aromatic nitrogens is 1. The van der Waals surface area contributed by atoms with Crippen molar-refractivity contribution >= 4 is 17.4 Å². The Morgan fingerprint density at radius 1 is 1.39 bits per heavy atom. The van der Waals surface area contributed by atoms with Crippen LogP contribution in [-0.2, 0) is 6.42 Å². The first kappa shape index (κ1) is 15.1. The van der Waals surface area contributed by atoms with E-state index in [4.69, 9.17) is 4.74 Å². The van der Waals surface area contributed by atoms with Gasteiger partial charge >= 0.3 is 0 Å². The predicted octanol–water partition coefficient (Wildman–Crippen LogP) is 2.75. The van der Waals surface area contributed by atoms with Crippen molar-refractivity contribution in [3.8, 4) is 11.5 Å². The molecule has 0 radical (unpaired) electrons. The Labute approximate surface area is 133 Å². The predicted molar refractivity (Wildman–Crippen MR) is 85.2 cm³/mol. The van der Waals surface area contributed by atoms with Gasteiger partial charge in [0.1, 0.15) is 11.5 Å². The van der Waals surface area contributed by atoms with Gasteiger partial charge in [0.25, 0.3) is 5.91 Å². The molecule has 0 spiro atoms. The minimum absolute atomic E-state index is 0.0240. The number of phenolic OH excluding ortho intramolecular Hbond substituents is 1. The van der Waals surface area contributed by atoms with Crippen molar-refractivity contribution in [2.75, 3.05) is 12.4 Å². The van der Waals surface area contributed by atoms with Gasteiger partial charge in [-0.2, -0.15) is 0 Å². The maximum Gasteiger partial charge on any atom is 0.258 e. The van der Waals surface area contributed by atoms with Gasteiger partial charge in [0.05, 0.1) is 23.9 Å². The van der Waals surface area contributed by atoms with Crippen LogP contribution >= 0.6 is 0 Å². The van der Waals surface area contributed by atoms with Gasteiger partial charge in [-0.1, -0.05) is 6.92 Å². The number of H-pyrrole nitrogens is 1. The first-order valence-electron chi connectivity index (χ1n) is 7.41. The number of hydrogen-bond donors (Lipinski definition) is 3. The molecule has 1 heterocycles. The third-order valence-electron chi connectivity index (χ3n) is 4.02. The van der Waals surface area contributed by atoms with Crippen LogP contribution in [0.25, 0.3) is 0 Å². The molecule has 0 aliphatic heterocycles. The molecule has 1 unspecified atom stereocenters. The molecule has 3 N–H and O–H groups in total. The maximum atomic E-state index is 12.5. The Morgan fingerprint density at radius 2 is 2.17 bits per heavy atom. The summed E-state index contributed by atoms with van der Waals surface area (Å²) in [5.74, 6) is 0.218. The molecule has 1 aliphatic rings. The average Bonchev–Trinajstić information content (AvgIpc) is 2.93. The van der Waals surface area contributed by atoms with E-state index >= 15 is 0 Å². The number of hydrogen-bond acceptors (Lipinski definition) is 4. The van der Waals surface area contributed by atoms with Gasteiger partial charge in [-0.15, -0.1) is 0 Å². The topological polar surface area (TPSA) is 91.4 Å². The molecule has 0 saturated carbocycles. The summed E-state index contributed by atoms with van der Waals surface area (Å²) in [5.41, 5.74) is 1.85. The molecule has 120 valence electrons. The zero-order valence-corrected chi connectivity index (χ0v) is 13.0. The van der Waals surface area contributed by atoms with E-state index in [1.807, 2.05) is 6.92 Å². The molecule has 3 rings (SSSR count). The zero-order valence-electron chi connectivity index (χ0n) is 13.0. The fourth-order valence-electron chi connectivity index (χ4n) is 2.90. The Balaban J connectivity index is 1.86. The van der Waals surface area contributed by atoms with E-state index in [9.17, 15) is 14.7 Å². The van der Waals surface area contributed by atoms with Crippen molar-refractivity contribution in [3.05, 3.63) is 41.2 Å². The highest BCUT2D eigenvalue weighted by molar-refractivity contribution is 6.14. The highest BCUT2D eigenvalue weighted by Gasteiger charge is 2.29. The lowest BCUT2D eigenvalue weighted by molar-refractivity contribution is 0.0940. The summed E-state index contributed by atoms with van der Waals surface area (Å²) in [6.45, 7) is 2.01. The Morgan fingerprint density at radius 3 is 2.87 bits per heavy atom. The number of fused-ring (bicyclic) bond motifs is 1. The van der Waals surface area contributed by atoms with E-state index in [0.717, 1.165) is 12.1 Å². The number of phenols is 1. The normalized spacial score (nSPS) is 16.8. The molecule has 6 nitrogen and oxygen atoms in total. The lowest BCUT2D eigenvalue weighted by Crippen LogP contribution is -2.21. The molecule has 0 saturated heterocycles. The SMILES string of the molecule is COc1ccc(NC(=O)c2c[nH]c3c2C(=O)CC(C)C3)c(O)c1. The minimum atomic E-state index is -0.425. The molecule has 1 aromatic heterocycles. The van der Waals surface area contributed by atoms with Crippen LogP contribution in [-0.4, -0.2) is 28.9 Å². The number of aromatic hydroxyl groups is 1. The number of amides is 1. The molecule has 2 aromatic rings. The van der Waals surface area contributed by atoms with Crippen LogP contribution in [0, 0.1) is 5.92 Å². The summed E-state index contributed by atoms with van der Waals surface area (Å²) in [4.78, 5) is 27.7. The summed E-state index contributed by atoms with van der Waals surface area (Å²) in [6, 6.07) is 4.60. The molecule has 1 atom stereocenters. The molecule has 0 fully saturated rings. The highest BCUT2D eigenvalue weighted by Crippen LogP contribution is 2.30. The van der Waals surface area contributed by atoms with Gasteiger partial charge in [0, 0.05) is 24.4 Å². The number of carbonyl (C=O) groups is 2. The average molecular weight is 314 g/mol. The smallest absolute Gasteiger partial charge is 0.258 e. The van der Waals surface area contributed by atoms with E-state index in [1.165, 1.54) is 13.2 Å². The summed E-state index contributed by atoms with van der Waals surface area (Å²) in [6.07, 6.45) is 2.75. The monoisotopic (exact) mass is 314 g/mol. The van der Waals surface area contributed by atoms with Crippen LogP contribution in [0.2, 0.25) is 0 Å². The highest BCUT2D eigenvalue weighted by atomic mass is 16.5. The number of anilines is 1. The Hall–Kier alpha value is -2.76. The molecular formula is C17H18N2O4. The minimum Gasteiger partial charge on any atom is -0.506 e. The molecule has 23 heavy (non-hydrogen) atoms. The largest absolute Gasteiger partial charge is 0.506 e. The second-order valence-corrected chi connectivity index (χ2v) is 5.83. The fraction of sp³-hybridized carbons (Fsp3) is 0.294. The maximum absolute atomic E-state index is 12.5. The second-order valence-electron chi connectivity index (χ2n) is 5.83. The summed E-state index contributed by atoms with van der Waals surface area (Å²) in [7, 11) is 1.49.